The molecule has 5 nitrogen and oxygen atoms in total. The Bertz CT molecular complexity index is 740. The van der Waals surface area contributed by atoms with Crippen molar-refractivity contribution in [2.45, 2.75) is 51.4 Å². The van der Waals surface area contributed by atoms with Crippen LogP contribution in [0.4, 0.5) is 0 Å². The molecule has 124 valence electrons. The second-order valence-corrected chi connectivity index (χ2v) is 6.68. The molecule has 6 heteroatoms. The van der Waals surface area contributed by atoms with Crippen molar-refractivity contribution >= 4 is 28.6 Å². The molecule has 2 aromatic rings. The first-order valence-electron chi connectivity index (χ1n) is 7.94. The third-order valence-corrected chi connectivity index (χ3v) is 4.32. The Morgan fingerprint density at radius 3 is 2.78 bits per heavy atom. The van der Waals surface area contributed by atoms with Gasteiger partial charge < -0.3 is 5.32 Å². The van der Waals surface area contributed by atoms with Crippen LogP contribution in [0.5, 0.6) is 0 Å². The predicted molar refractivity (Wildman–Crippen MR) is 94.9 cm³/mol. The fraction of sp³-hybridized carbons (Fsp3) is 0.471. The minimum atomic E-state index is -0.0468. The maximum Gasteiger partial charge on any atom is 0.262 e. The summed E-state index contributed by atoms with van der Waals surface area (Å²) >= 11 is 1.32. The molecule has 0 aliphatic heterocycles. The molecule has 0 atom stereocenters. The summed E-state index contributed by atoms with van der Waals surface area (Å²) < 4.78 is 1.69. The monoisotopic (exact) mass is 333 g/mol. The number of fused-ring (bicyclic) bond motifs is 1. The van der Waals surface area contributed by atoms with Crippen LogP contribution in [0.3, 0.4) is 0 Å². The van der Waals surface area contributed by atoms with Gasteiger partial charge >= 0.3 is 0 Å². The average Bonchev–Trinajstić information content (AvgIpc) is 2.51. The number of amides is 1. The molecule has 1 aromatic heterocycles. The highest BCUT2D eigenvalue weighted by atomic mass is 32.2. The van der Waals surface area contributed by atoms with Gasteiger partial charge in [0, 0.05) is 12.6 Å². The van der Waals surface area contributed by atoms with E-state index in [-0.39, 0.29) is 23.3 Å². The molecule has 0 unspecified atom stereocenters. The van der Waals surface area contributed by atoms with Gasteiger partial charge in [-0.1, -0.05) is 37.2 Å². The molecule has 0 aliphatic rings. The van der Waals surface area contributed by atoms with E-state index in [9.17, 15) is 9.59 Å². The highest BCUT2D eigenvalue weighted by molar-refractivity contribution is 7.99. The standard InChI is InChI=1S/C17H23N3O2S/c1-4-5-10-20-16(22)13-8-6-7-9-14(13)19-17(20)23-11-15(21)18-12(2)3/h6-9,12H,4-5,10-11H2,1-3H3,(H,18,21). The summed E-state index contributed by atoms with van der Waals surface area (Å²) in [5.74, 6) is 0.212. The molecule has 0 spiro atoms. The van der Waals surface area contributed by atoms with E-state index in [4.69, 9.17) is 0 Å². The molecule has 2 rings (SSSR count). The number of rotatable bonds is 7. The van der Waals surface area contributed by atoms with Gasteiger partial charge in [0.05, 0.1) is 16.7 Å². The van der Waals surface area contributed by atoms with Crippen LogP contribution in [0.25, 0.3) is 10.9 Å². The largest absolute Gasteiger partial charge is 0.353 e. The Hall–Kier alpha value is -1.82. The van der Waals surface area contributed by atoms with Crippen molar-refractivity contribution in [1.29, 1.82) is 0 Å². The third kappa shape index (κ3) is 4.58. The molecule has 1 N–H and O–H groups in total. The van der Waals surface area contributed by atoms with Crippen LogP contribution in [-0.4, -0.2) is 27.3 Å². The Labute approximate surface area is 140 Å². The first-order chi connectivity index (χ1) is 11.0. The average molecular weight is 333 g/mol. The smallest absolute Gasteiger partial charge is 0.262 e. The van der Waals surface area contributed by atoms with Gasteiger partial charge in [0.2, 0.25) is 5.91 Å². The Morgan fingerprint density at radius 1 is 1.35 bits per heavy atom. The van der Waals surface area contributed by atoms with E-state index in [0.717, 1.165) is 12.8 Å². The van der Waals surface area contributed by atoms with Gasteiger partial charge in [-0.05, 0) is 32.4 Å². The zero-order chi connectivity index (χ0) is 16.8. The van der Waals surface area contributed by atoms with E-state index in [1.54, 1.807) is 10.6 Å². The molecule has 0 saturated carbocycles. The normalized spacial score (nSPS) is 11.1. The van der Waals surface area contributed by atoms with Gasteiger partial charge in [-0.15, -0.1) is 0 Å². The van der Waals surface area contributed by atoms with Crippen molar-refractivity contribution in [3.63, 3.8) is 0 Å². The number of unbranched alkanes of at least 4 members (excludes halogenated alkanes) is 1. The molecule has 0 radical (unpaired) electrons. The van der Waals surface area contributed by atoms with Crippen LogP contribution >= 0.6 is 11.8 Å². The SMILES string of the molecule is CCCCn1c(SCC(=O)NC(C)C)nc2ccccc2c1=O. The number of hydrogen-bond donors (Lipinski definition) is 1. The number of benzene rings is 1. The third-order valence-electron chi connectivity index (χ3n) is 3.34. The highest BCUT2D eigenvalue weighted by Crippen LogP contribution is 2.18. The summed E-state index contributed by atoms with van der Waals surface area (Å²) in [6.07, 6.45) is 1.91. The summed E-state index contributed by atoms with van der Waals surface area (Å²) in [5, 5.41) is 4.09. The molecular formula is C17H23N3O2S. The first kappa shape index (κ1) is 17.5. The first-order valence-corrected chi connectivity index (χ1v) is 8.93. The molecule has 0 fully saturated rings. The lowest BCUT2D eigenvalue weighted by Gasteiger charge is -2.13. The Kier molecular flexibility index (Phi) is 6.21. The molecule has 0 bridgehead atoms. The van der Waals surface area contributed by atoms with Crippen molar-refractivity contribution in [2.24, 2.45) is 0 Å². The van der Waals surface area contributed by atoms with Gasteiger partial charge in [0.25, 0.3) is 5.56 Å². The van der Waals surface area contributed by atoms with E-state index in [1.807, 2.05) is 32.0 Å². The summed E-state index contributed by atoms with van der Waals surface area (Å²) in [6, 6.07) is 7.45. The van der Waals surface area contributed by atoms with Crippen molar-refractivity contribution in [1.82, 2.24) is 14.9 Å². The van der Waals surface area contributed by atoms with E-state index in [2.05, 4.69) is 17.2 Å². The van der Waals surface area contributed by atoms with Crippen LogP contribution in [0.2, 0.25) is 0 Å². The van der Waals surface area contributed by atoms with E-state index < -0.39 is 0 Å². The maximum absolute atomic E-state index is 12.7. The second kappa shape index (κ2) is 8.15. The Morgan fingerprint density at radius 2 is 2.09 bits per heavy atom. The van der Waals surface area contributed by atoms with Gasteiger partial charge in [-0.2, -0.15) is 0 Å². The minimum Gasteiger partial charge on any atom is -0.353 e. The quantitative estimate of drug-likeness (QED) is 0.625. The van der Waals surface area contributed by atoms with Crippen LogP contribution in [0, 0.1) is 0 Å². The summed E-state index contributed by atoms with van der Waals surface area (Å²) in [5.41, 5.74) is 0.646. The highest BCUT2D eigenvalue weighted by Gasteiger charge is 2.13. The number of nitrogens with zero attached hydrogens (tertiary/aromatic N) is 2. The summed E-state index contributed by atoms with van der Waals surface area (Å²) in [6.45, 7) is 6.56. The second-order valence-electron chi connectivity index (χ2n) is 5.73. The predicted octanol–water partition coefficient (Wildman–Crippen LogP) is 2.81. The number of nitrogens with one attached hydrogen (secondary N) is 1. The molecule has 1 amide bonds. The number of aromatic nitrogens is 2. The number of hydrogen-bond acceptors (Lipinski definition) is 4. The lowest BCUT2D eigenvalue weighted by Crippen LogP contribution is -2.32. The van der Waals surface area contributed by atoms with Crippen LogP contribution in [0.15, 0.2) is 34.2 Å². The van der Waals surface area contributed by atoms with E-state index in [0.29, 0.717) is 22.6 Å². The molecule has 1 aromatic carbocycles. The van der Waals surface area contributed by atoms with Crippen LogP contribution in [-0.2, 0) is 11.3 Å². The number of carbonyl (C=O) groups excluding carboxylic acids is 1. The van der Waals surface area contributed by atoms with Crippen LogP contribution < -0.4 is 10.9 Å². The maximum atomic E-state index is 12.7. The van der Waals surface area contributed by atoms with Crippen molar-refractivity contribution in [2.75, 3.05) is 5.75 Å². The molecule has 1 heterocycles. The van der Waals surface area contributed by atoms with Crippen LogP contribution in [0.1, 0.15) is 33.6 Å². The number of thioether (sulfide) groups is 1. The number of para-hydroxylation sites is 1. The van der Waals surface area contributed by atoms with Gasteiger partial charge in [0.15, 0.2) is 5.16 Å². The van der Waals surface area contributed by atoms with Gasteiger partial charge in [0.1, 0.15) is 0 Å². The fourth-order valence-corrected chi connectivity index (χ4v) is 3.10. The molecule has 0 aliphatic carbocycles. The molecule has 23 heavy (non-hydrogen) atoms. The zero-order valence-electron chi connectivity index (χ0n) is 13.8. The summed E-state index contributed by atoms with van der Waals surface area (Å²) in [7, 11) is 0. The topological polar surface area (TPSA) is 64.0 Å². The van der Waals surface area contributed by atoms with E-state index >= 15 is 0 Å². The van der Waals surface area contributed by atoms with Crippen molar-refractivity contribution in [3.8, 4) is 0 Å². The molecular weight excluding hydrogens is 310 g/mol. The van der Waals surface area contributed by atoms with Gasteiger partial charge in [-0.3, -0.25) is 14.2 Å². The lowest BCUT2D eigenvalue weighted by molar-refractivity contribution is -0.119. The zero-order valence-corrected chi connectivity index (χ0v) is 14.7. The minimum absolute atomic E-state index is 0.0317. The fourth-order valence-electron chi connectivity index (χ4n) is 2.26. The van der Waals surface area contributed by atoms with E-state index in [1.165, 1.54) is 11.8 Å². The van der Waals surface area contributed by atoms with Crippen molar-refractivity contribution in [3.05, 3.63) is 34.6 Å². The van der Waals surface area contributed by atoms with Crippen molar-refractivity contribution < 1.29 is 4.79 Å². The molecule has 0 saturated heterocycles. The Balaban J connectivity index is 2.32. The lowest BCUT2D eigenvalue weighted by atomic mass is 10.2. The van der Waals surface area contributed by atoms with Gasteiger partial charge in [-0.25, -0.2) is 4.98 Å². The number of carbonyl (C=O) groups is 1. The summed E-state index contributed by atoms with van der Waals surface area (Å²) in [4.78, 5) is 29.1.